The molecular formula is C21H31N5O2S. The molecule has 0 bridgehead atoms. The van der Waals surface area contributed by atoms with Crippen LogP contribution in [-0.2, 0) is 28.9 Å². The third-order valence-electron chi connectivity index (χ3n) is 4.80. The van der Waals surface area contributed by atoms with Gasteiger partial charge in [-0.3, -0.25) is 0 Å². The highest BCUT2D eigenvalue weighted by atomic mass is 32.2. The van der Waals surface area contributed by atoms with Crippen LogP contribution in [0.4, 0.5) is 5.82 Å². The Morgan fingerprint density at radius 1 is 1.28 bits per heavy atom. The lowest BCUT2D eigenvalue weighted by Gasteiger charge is -2.30. The molecule has 3 aromatic rings. The van der Waals surface area contributed by atoms with Gasteiger partial charge < -0.3 is 15.0 Å². The Morgan fingerprint density at radius 2 is 1.97 bits per heavy atom. The molecule has 158 valence electrons. The van der Waals surface area contributed by atoms with Gasteiger partial charge in [0.1, 0.15) is 17.9 Å². The fourth-order valence-corrected chi connectivity index (χ4v) is 4.19. The van der Waals surface area contributed by atoms with Crippen LogP contribution < -0.4 is 10.5 Å². The summed E-state index contributed by atoms with van der Waals surface area (Å²) in [5.41, 5.74) is 8.30. The number of para-hydroxylation sites is 1. The van der Waals surface area contributed by atoms with E-state index in [1.165, 1.54) is 0 Å². The number of hydrogen-bond donors (Lipinski definition) is 2. The molecule has 2 aromatic heterocycles. The molecule has 0 spiro atoms. The van der Waals surface area contributed by atoms with Crippen LogP contribution in [0.1, 0.15) is 33.0 Å². The van der Waals surface area contributed by atoms with Crippen molar-refractivity contribution in [1.82, 2.24) is 19.3 Å². The molecule has 2 unspecified atom stereocenters. The van der Waals surface area contributed by atoms with Crippen molar-refractivity contribution in [3.05, 3.63) is 43.2 Å². The first-order valence-corrected chi connectivity index (χ1v) is 11.2. The molecule has 3 N–H and O–H groups in total. The lowest BCUT2D eigenvalue weighted by atomic mass is 10.0. The van der Waals surface area contributed by atoms with Gasteiger partial charge in [-0.2, -0.15) is 0 Å². The molecule has 8 heteroatoms. The first kappa shape index (κ1) is 23.0. The van der Waals surface area contributed by atoms with Gasteiger partial charge in [-0.15, -0.1) is 13.2 Å². The zero-order valence-electron chi connectivity index (χ0n) is 17.7. The number of anilines is 1. The van der Waals surface area contributed by atoms with Gasteiger partial charge in [0.2, 0.25) is 0 Å². The lowest BCUT2D eigenvalue weighted by Crippen LogP contribution is -2.46. The third-order valence-corrected chi connectivity index (χ3v) is 5.58. The number of hydrogen-bond acceptors (Lipinski definition) is 5. The molecular weight excluding hydrogens is 386 g/mol. The van der Waals surface area contributed by atoms with Crippen molar-refractivity contribution < 1.29 is 8.95 Å². The van der Waals surface area contributed by atoms with E-state index in [0.29, 0.717) is 31.1 Å². The van der Waals surface area contributed by atoms with Crippen molar-refractivity contribution in [2.75, 3.05) is 18.6 Å². The van der Waals surface area contributed by atoms with Gasteiger partial charge in [-0.05, 0) is 26.3 Å². The summed E-state index contributed by atoms with van der Waals surface area (Å²) in [4.78, 5) is 9.24. The number of nitrogens with zero attached hydrogens (tertiary/aromatic N) is 3. The van der Waals surface area contributed by atoms with E-state index in [1.807, 2.05) is 31.2 Å². The second-order valence-electron chi connectivity index (χ2n) is 6.93. The van der Waals surface area contributed by atoms with Crippen LogP contribution in [0.2, 0.25) is 0 Å². The Balaban J connectivity index is 0.00000145. The summed E-state index contributed by atoms with van der Waals surface area (Å²) in [7, 11) is -1.13. The van der Waals surface area contributed by atoms with Crippen molar-refractivity contribution in [2.45, 2.75) is 45.9 Å². The Labute approximate surface area is 174 Å². The van der Waals surface area contributed by atoms with Crippen molar-refractivity contribution >= 4 is 38.7 Å². The standard InChI is InChI=1S/C19H27N5O2S.C2H4/c1-5-19(3,23-27(4)25)12-24-15(11-26-6-2)22-16-17(24)13-9-7-8-10-14(13)21-18(16)20;1-2/h7-10,23H,5-6,11-12H2,1-4H3,(H2,20,21);1-2H2. The molecule has 7 nitrogen and oxygen atoms in total. The molecule has 0 fully saturated rings. The van der Waals surface area contributed by atoms with Crippen molar-refractivity contribution in [1.29, 1.82) is 0 Å². The molecule has 2 heterocycles. The van der Waals surface area contributed by atoms with Gasteiger partial charge in [0.05, 0.1) is 22.0 Å². The molecule has 0 amide bonds. The summed E-state index contributed by atoms with van der Waals surface area (Å²) >= 11 is 0. The average Bonchev–Trinajstić information content (AvgIpc) is 3.06. The molecule has 0 aliphatic rings. The largest absolute Gasteiger partial charge is 0.382 e. The van der Waals surface area contributed by atoms with E-state index in [0.717, 1.165) is 28.7 Å². The zero-order valence-corrected chi connectivity index (χ0v) is 18.5. The summed E-state index contributed by atoms with van der Waals surface area (Å²) in [6.45, 7) is 13.7. The van der Waals surface area contributed by atoms with Crippen LogP contribution in [0.3, 0.4) is 0 Å². The number of nitrogens with two attached hydrogens (primary N) is 1. The van der Waals surface area contributed by atoms with Gasteiger partial charge in [-0.25, -0.2) is 18.9 Å². The number of fused-ring (bicyclic) bond motifs is 3. The van der Waals surface area contributed by atoms with Gasteiger partial charge in [0.25, 0.3) is 0 Å². The maximum Gasteiger partial charge on any atom is 0.152 e. The predicted octanol–water partition coefficient (Wildman–Crippen LogP) is 3.56. The Bertz CT molecular complexity index is 1000. The number of nitrogen functional groups attached to an aromatic ring is 1. The Morgan fingerprint density at radius 3 is 2.59 bits per heavy atom. The SMILES string of the molecule is C=C.CCOCc1nc2c(N)nc3ccccc3c2n1CC(C)(CC)NS(C)=O. The highest BCUT2D eigenvalue weighted by Gasteiger charge is 2.27. The van der Waals surface area contributed by atoms with Crippen LogP contribution in [0.15, 0.2) is 37.4 Å². The summed E-state index contributed by atoms with van der Waals surface area (Å²) < 4.78 is 22.8. The Hall–Kier alpha value is -2.29. The van der Waals surface area contributed by atoms with Crippen LogP contribution in [0.5, 0.6) is 0 Å². The smallest absolute Gasteiger partial charge is 0.152 e. The molecule has 3 rings (SSSR count). The third kappa shape index (κ3) is 5.01. The van der Waals surface area contributed by atoms with E-state index < -0.39 is 11.0 Å². The Kier molecular flexibility index (Phi) is 7.89. The molecule has 0 saturated carbocycles. The average molecular weight is 418 g/mol. The van der Waals surface area contributed by atoms with Crippen LogP contribution in [-0.4, -0.2) is 37.1 Å². The molecule has 29 heavy (non-hydrogen) atoms. The van der Waals surface area contributed by atoms with Gasteiger partial charge >= 0.3 is 0 Å². The van der Waals surface area contributed by atoms with Crippen LogP contribution >= 0.6 is 0 Å². The first-order chi connectivity index (χ1) is 13.9. The number of ether oxygens (including phenoxy) is 1. The van der Waals surface area contributed by atoms with Crippen LogP contribution in [0, 0.1) is 0 Å². The van der Waals surface area contributed by atoms with E-state index in [-0.39, 0.29) is 5.54 Å². The minimum absolute atomic E-state index is 0.368. The first-order valence-electron chi connectivity index (χ1n) is 9.61. The second-order valence-corrected chi connectivity index (χ2v) is 8.05. The van der Waals surface area contributed by atoms with Gasteiger partial charge in [0, 0.05) is 30.3 Å². The number of benzene rings is 1. The fraction of sp³-hybridized carbons (Fsp3) is 0.429. The molecule has 0 saturated heterocycles. The molecule has 0 aliphatic carbocycles. The molecule has 0 radical (unpaired) electrons. The highest BCUT2D eigenvalue weighted by molar-refractivity contribution is 7.82. The molecule has 1 aromatic carbocycles. The van der Waals surface area contributed by atoms with E-state index >= 15 is 0 Å². The number of pyridine rings is 1. The van der Waals surface area contributed by atoms with E-state index in [4.69, 9.17) is 15.5 Å². The summed E-state index contributed by atoms with van der Waals surface area (Å²) in [5.74, 6) is 1.20. The lowest BCUT2D eigenvalue weighted by molar-refractivity contribution is 0.124. The predicted molar refractivity (Wildman–Crippen MR) is 122 cm³/mol. The number of rotatable bonds is 8. The van der Waals surface area contributed by atoms with E-state index in [9.17, 15) is 4.21 Å². The summed E-state index contributed by atoms with van der Waals surface area (Å²) in [6.07, 6.45) is 2.46. The monoisotopic (exact) mass is 417 g/mol. The van der Waals surface area contributed by atoms with Gasteiger partial charge in [-0.1, -0.05) is 25.1 Å². The van der Waals surface area contributed by atoms with Crippen molar-refractivity contribution in [3.8, 4) is 0 Å². The van der Waals surface area contributed by atoms with E-state index in [2.05, 4.69) is 41.3 Å². The normalized spacial score (nSPS) is 14.3. The number of aromatic nitrogens is 3. The number of nitrogens with one attached hydrogen (secondary N) is 1. The summed E-state index contributed by atoms with van der Waals surface area (Å²) in [5, 5.41) is 0.994. The maximum absolute atomic E-state index is 11.9. The number of imidazole rings is 1. The van der Waals surface area contributed by atoms with Gasteiger partial charge in [0.15, 0.2) is 5.82 Å². The van der Waals surface area contributed by atoms with Crippen LogP contribution in [0.25, 0.3) is 21.9 Å². The second kappa shape index (κ2) is 9.96. The topological polar surface area (TPSA) is 95.1 Å². The molecule has 2 atom stereocenters. The summed E-state index contributed by atoms with van der Waals surface area (Å²) in [6, 6.07) is 7.91. The molecule has 0 aliphatic heterocycles. The van der Waals surface area contributed by atoms with Crippen molar-refractivity contribution in [3.63, 3.8) is 0 Å². The zero-order chi connectivity index (χ0) is 21.6. The fourth-order valence-electron chi connectivity index (χ4n) is 3.29. The van der Waals surface area contributed by atoms with Crippen molar-refractivity contribution in [2.24, 2.45) is 0 Å². The highest BCUT2D eigenvalue weighted by Crippen LogP contribution is 2.30. The quantitative estimate of drug-likeness (QED) is 0.547. The minimum Gasteiger partial charge on any atom is -0.382 e. The van der Waals surface area contributed by atoms with E-state index in [1.54, 1.807) is 6.26 Å². The minimum atomic E-state index is -1.13. The maximum atomic E-state index is 11.9.